The topological polar surface area (TPSA) is 35.2 Å². The molecular formula is C14H14INO. The first kappa shape index (κ1) is 12.4. The van der Waals surface area contributed by atoms with E-state index in [9.17, 15) is 0 Å². The highest BCUT2D eigenvalue weighted by Gasteiger charge is 1.98. The van der Waals surface area contributed by atoms with Crippen molar-refractivity contribution in [2.24, 2.45) is 5.73 Å². The van der Waals surface area contributed by atoms with E-state index in [0.29, 0.717) is 6.54 Å². The van der Waals surface area contributed by atoms with Crippen molar-refractivity contribution in [3.05, 3.63) is 57.7 Å². The van der Waals surface area contributed by atoms with Crippen molar-refractivity contribution in [2.75, 3.05) is 6.54 Å². The molecule has 0 aliphatic heterocycles. The van der Waals surface area contributed by atoms with Crippen LogP contribution in [0, 0.1) is 3.57 Å². The lowest BCUT2D eigenvalue weighted by atomic mass is 10.1. The second kappa shape index (κ2) is 6.02. The number of hydrogen-bond acceptors (Lipinski definition) is 2. The summed E-state index contributed by atoms with van der Waals surface area (Å²) in [7, 11) is 0. The van der Waals surface area contributed by atoms with Gasteiger partial charge in [-0.15, -0.1) is 0 Å². The lowest BCUT2D eigenvalue weighted by Gasteiger charge is -2.07. The van der Waals surface area contributed by atoms with E-state index in [0.717, 1.165) is 17.9 Å². The van der Waals surface area contributed by atoms with Crippen molar-refractivity contribution < 1.29 is 4.74 Å². The fourth-order valence-electron chi connectivity index (χ4n) is 1.57. The Balaban J connectivity index is 2.12. The SMILES string of the molecule is NCCc1cccc(Oc2ccc(I)cc2)c1. The van der Waals surface area contributed by atoms with E-state index in [-0.39, 0.29) is 0 Å². The standard InChI is InChI=1S/C14H14INO/c15-12-4-6-13(7-5-12)17-14-3-1-2-11(10-14)8-9-16/h1-7,10H,8-9,16H2. The number of nitrogens with two attached hydrogens (primary N) is 1. The molecule has 0 aliphatic carbocycles. The molecule has 2 N–H and O–H groups in total. The third kappa shape index (κ3) is 3.71. The van der Waals surface area contributed by atoms with Gasteiger partial charge in [0.1, 0.15) is 11.5 Å². The average molecular weight is 339 g/mol. The van der Waals surface area contributed by atoms with Crippen molar-refractivity contribution in [1.29, 1.82) is 0 Å². The molecule has 0 spiro atoms. The fourth-order valence-corrected chi connectivity index (χ4v) is 1.93. The molecule has 0 amide bonds. The molecule has 0 unspecified atom stereocenters. The van der Waals surface area contributed by atoms with Gasteiger partial charge in [0, 0.05) is 3.57 Å². The Kier molecular flexibility index (Phi) is 4.39. The summed E-state index contributed by atoms with van der Waals surface area (Å²) in [5.41, 5.74) is 6.74. The molecule has 2 nitrogen and oxygen atoms in total. The number of benzene rings is 2. The molecule has 0 aliphatic rings. The summed E-state index contributed by atoms with van der Waals surface area (Å²) < 4.78 is 6.98. The molecule has 2 rings (SSSR count). The number of rotatable bonds is 4. The zero-order valence-corrected chi connectivity index (χ0v) is 11.6. The first-order chi connectivity index (χ1) is 8.28. The summed E-state index contributed by atoms with van der Waals surface area (Å²) in [6.07, 6.45) is 0.879. The van der Waals surface area contributed by atoms with E-state index < -0.39 is 0 Å². The second-order valence-electron chi connectivity index (χ2n) is 3.74. The third-order valence-electron chi connectivity index (χ3n) is 2.38. The van der Waals surface area contributed by atoms with Crippen LogP contribution in [0.5, 0.6) is 11.5 Å². The molecule has 0 saturated heterocycles. The van der Waals surface area contributed by atoms with Gasteiger partial charge in [0.2, 0.25) is 0 Å². The van der Waals surface area contributed by atoms with E-state index in [4.69, 9.17) is 10.5 Å². The molecule has 0 radical (unpaired) electrons. The smallest absolute Gasteiger partial charge is 0.127 e. The molecule has 0 bridgehead atoms. The van der Waals surface area contributed by atoms with Crippen molar-refractivity contribution >= 4 is 22.6 Å². The maximum atomic E-state index is 5.78. The highest BCUT2D eigenvalue weighted by atomic mass is 127. The van der Waals surface area contributed by atoms with E-state index in [1.54, 1.807) is 0 Å². The Bertz CT molecular complexity index is 482. The minimum Gasteiger partial charge on any atom is -0.457 e. The summed E-state index contributed by atoms with van der Waals surface area (Å²) >= 11 is 2.27. The molecule has 17 heavy (non-hydrogen) atoms. The van der Waals surface area contributed by atoms with Gasteiger partial charge in [0.05, 0.1) is 0 Å². The molecule has 2 aromatic rings. The van der Waals surface area contributed by atoms with Gasteiger partial charge in [-0.1, -0.05) is 12.1 Å². The lowest BCUT2D eigenvalue weighted by Crippen LogP contribution is -2.02. The first-order valence-electron chi connectivity index (χ1n) is 5.50. The predicted molar refractivity (Wildman–Crippen MR) is 78.4 cm³/mol. The van der Waals surface area contributed by atoms with Crippen LogP contribution >= 0.6 is 22.6 Å². The van der Waals surface area contributed by atoms with E-state index >= 15 is 0 Å². The van der Waals surface area contributed by atoms with Crippen LogP contribution < -0.4 is 10.5 Å². The van der Waals surface area contributed by atoms with Gasteiger partial charge in [-0.05, 0) is 77.5 Å². The van der Waals surface area contributed by atoms with Crippen LogP contribution in [0.4, 0.5) is 0 Å². The minimum absolute atomic E-state index is 0.660. The molecule has 0 atom stereocenters. The summed E-state index contributed by atoms with van der Waals surface area (Å²) in [6.45, 7) is 0.660. The average Bonchev–Trinajstić information content (AvgIpc) is 2.33. The Hall–Kier alpha value is -1.07. The van der Waals surface area contributed by atoms with Gasteiger partial charge in [0.25, 0.3) is 0 Å². The van der Waals surface area contributed by atoms with Crippen LogP contribution in [0.15, 0.2) is 48.5 Å². The van der Waals surface area contributed by atoms with E-state index in [2.05, 4.69) is 28.7 Å². The molecular weight excluding hydrogens is 325 g/mol. The zero-order valence-electron chi connectivity index (χ0n) is 9.40. The number of hydrogen-bond donors (Lipinski definition) is 1. The molecule has 0 fully saturated rings. The molecule has 0 saturated carbocycles. The number of ether oxygens (including phenoxy) is 1. The summed E-state index contributed by atoms with van der Waals surface area (Å²) in [4.78, 5) is 0. The second-order valence-corrected chi connectivity index (χ2v) is 4.99. The van der Waals surface area contributed by atoms with Crippen molar-refractivity contribution in [3.8, 4) is 11.5 Å². The van der Waals surface area contributed by atoms with Gasteiger partial charge in [-0.25, -0.2) is 0 Å². The number of halogens is 1. The lowest BCUT2D eigenvalue weighted by molar-refractivity contribution is 0.482. The largest absolute Gasteiger partial charge is 0.457 e. The van der Waals surface area contributed by atoms with E-state index in [1.165, 1.54) is 9.13 Å². The van der Waals surface area contributed by atoms with Crippen LogP contribution in [0.2, 0.25) is 0 Å². The Morgan fingerprint density at radius 1 is 1.00 bits per heavy atom. The van der Waals surface area contributed by atoms with Gasteiger partial charge < -0.3 is 10.5 Å². The normalized spacial score (nSPS) is 10.2. The maximum absolute atomic E-state index is 5.78. The highest BCUT2D eigenvalue weighted by molar-refractivity contribution is 14.1. The van der Waals surface area contributed by atoms with Crippen LogP contribution in [0.1, 0.15) is 5.56 Å². The van der Waals surface area contributed by atoms with Crippen molar-refractivity contribution in [3.63, 3.8) is 0 Å². The molecule has 2 aromatic carbocycles. The van der Waals surface area contributed by atoms with Crippen molar-refractivity contribution in [2.45, 2.75) is 6.42 Å². The Morgan fingerprint density at radius 2 is 1.76 bits per heavy atom. The zero-order chi connectivity index (χ0) is 12.1. The van der Waals surface area contributed by atoms with Crippen molar-refractivity contribution in [1.82, 2.24) is 0 Å². The Labute approximate surface area is 115 Å². The van der Waals surface area contributed by atoms with Gasteiger partial charge >= 0.3 is 0 Å². The first-order valence-corrected chi connectivity index (χ1v) is 6.58. The Morgan fingerprint density at radius 3 is 2.47 bits per heavy atom. The molecule has 88 valence electrons. The molecule has 0 aromatic heterocycles. The van der Waals surface area contributed by atoms with Crippen LogP contribution in [-0.4, -0.2) is 6.54 Å². The summed E-state index contributed by atoms with van der Waals surface area (Å²) in [5, 5.41) is 0. The van der Waals surface area contributed by atoms with Crippen LogP contribution in [0.3, 0.4) is 0 Å². The summed E-state index contributed by atoms with van der Waals surface area (Å²) in [5.74, 6) is 1.72. The summed E-state index contributed by atoms with van der Waals surface area (Å²) in [6, 6.07) is 16.0. The highest BCUT2D eigenvalue weighted by Crippen LogP contribution is 2.23. The van der Waals surface area contributed by atoms with Gasteiger partial charge in [-0.3, -0.25) is 0 Å². The predicted octanol–water partition coefficient (Wildman–Crippen LogP) is 3.58. The van der Waals surface area contributed by atoms with Crippen LogP contribution in [0.25, 0.3) is 0 Å². The van der Waals surface area contributed by atoms with E-state index in [1.807, 2.05) is 42.5 Å². The quantitative estimate of drug-likeness (QED) is 0.864. The minimum atomic E-state index is 0.660. The molecule has 3 heteroatoms. The van der Waals surface area contributed by atoms with Gasteiger partial charge in [0.15, 0.2) is 0 Å². The van der Waals surface area contributed by atoms with Gasteiger partial charge in [-0.2, -0.15) is 0 Å². The van der Waals surface area contributed by atoms with Crippen LogP contribution in [-0.2, 0) is 6.42 Å². The maximum Gasteiger partial charge on any atom is 0.127 e. The molecule has 0 heterocycles. The fraction of sp³-hybridized carbons (Fsp3) is 0.143. The monoisotopic (exact) mass is 339 g/mol. The third-order valence-corrected chi connectivity index (χ3v) is 3.10.